The molecule has 0 spiro atoms. The number of carboxylic acid groups (broad SMARTS) is 1. The first-order valence-electron chi connectivity index (χ1n) is 8.87. The highest BCUT2D eigenvalue weighted by atomic mass is 32.2. The third-order valence-corrected chi connectivity index (χ3v) is 6.10. The summed E-state index contributed by atoms with van der Waals surface area (Å²) in [5.41, 5.74) is 1.95. The maximum Gasteiger partial charge on any atom is 0.415 e. The fourth-order valence-electron chi connectivity index (χ4n) is 3.75. The summed E-state index contributed by atoms with van der Waals surface area (Å²) in [6, 6.07) is 1.73. The second kappa shape index (κ2) is 7.26. The van der Waals surface area contributed by atoms with Crippen molar-refractivity contribution in [2.24, 2.45) is 10.9 Å². The van der Waals surface area contributed by atoms with Crippen LogP contribution >= 0.6 is 11.8 Å². The van der Waals surface area contributed by atoms with Gasteiger partial charge in [-0.3, -0.25) is 4.90 Å². The van der Waals surface area contributed by atoms with Gasteiger partial charge < -0.3 is 15.6 Å². The van der Waals surface area contributed by atoms with E-state index in [0.29, 0.717) is 6.07 Å². The molecule has 0 aliphatic carbocycles. The van der Waals surface area contributed by atoms with Crippen LogP contribution in [-0.4, -0.2) is 51.4 Å². The molecule has 12 heteroatoms. The summed E-state index contributed by atoms with van der Waals surface area (Å²) >= 11 is 0.798. The Morgan fingerprint density at radius 2 is 1.97 bits per heavy atom. The maximum atomic E-state index is 14.8. The zero-order valence-electron chi connectivity index (χ0n) is 16.3. The molecule has 30 heavy (non-hydrogen) atoms. The molecule has 0 aromatic heterocycles. The number of hydrogen-bond acceptors (Lipinski definition) is 5. The minimum absolute atomic E-state index is 0.125. The lowest BCUT2D eigenvalue weighted by Gasteiger charge is -2.41. The monoisotopic (exact) mass is 453 g/mol. The number of nitrogens with two attached hydrogens (primary N) is 1. The van der Waals surface area contributed by atoms with Crippen LogP contribution in [0.3, 0.4) is 0 Å². The van der Waals surface area contributed by atoms with E-state index in [0.717, 1.165) is 22.7 Å². The molecule has 1 saturated heterocycles. The van der Waals surface area contributed by atoms with Crippen LogP contribution in [0.25, 0.3) is 0 Å². The summed E-state index contributed by atoms with van der Waals surface area (Å²) in [6.45, 7) is 4.03. The van der Waals surface area contributed by atoms with Crippen molar-refractivity contribution in [1.29, 1.82) is 0 Å². The van der Waals surface area contributed by atoms with E-state index in [2.05, 4.69) is 4.99 Å². The lowest BCUT2D eigenvalue weighted by Crippen LogP contribution is -2.52. The summed E-state index contributed by atoms with van der Waals surface area (Å²) < 4.78 is 74.5. The number of amidine groups is 1. The Morgan fingerprint density at radius 1 is 1.33 bits per heavy atom. The number of anilines is 1. The van der Waals surface area contributed by atoms with Crippen LogP contribution in [0.1, 0.15) is 26.3 Å². The number of nitrogens with zero attached hydrogens (tertiary/aromatic N) is 2. The topological polar surface area (TPSA) is 88.2 Å². The number of nitrogen functional groups attached to an aromatic ring is 1. The van der Waals surface area contributed by atoms with E-state index >= 15 is 0 Å². The van der Waals surface area contributed by atoms with Crippen molar-refractivity contribution >= 4 is 28.7 Å². The normalized spacial score (nSPS) is 26.9. The van der Waals surface area contributed by atoms with Crippen LogP contribution in [0.2, 0.25) is 0 Å². The SMILES string of the molecule is CC(C)(C)N(C(=O)O)C1=N[C@@]2(c3cc(N)cc(F)c3F)CO[C@H](C(F)(F)F)[C@H]2CS1. The third-order valence-electron chi connectivity index (χ3n) is 5.04. The number of benzene rings is 1. The van der Waals surface area contributed by atoms with Gasteiger partial charge in [0.15, 0.2) is 22.9 Å². The van der Waals surface area contributed by atoms with Gasteiger partial charge in [0.05, 0.1) is 6.61 Å². The quantitative estimate of drug-likeness (QED) is 0.492. The second-order valence-corrected chi connectivity index (χ2v) is 9.15. The van der Waals surface area contributed by atoms with Crippen molar-refractivity contribution in [3.8, 4) is 0 Å². The molecule has 0 bridgehead atoms. The Morgan fingerprint density at radius 3 is 2.50 bits per heavy atom. The molecule has 0 saturated carbocycles. The number of carbonyl (C=O) groups is 1. The number of rotatable bonds is 1. The van der Waals surface area contributed by atoms with Crippen molar-refractivity contribution in [3.05, 3.63) is 29.3 Å². The molecular weight excluding hydrogens is 433 g/mol. The molecule has 1 fully saturated rings. The lowest BCUT2D eigenvalue weighted by molar-refractivity contribution is -0.215. The molecule has 2 aliphatic heterocycles. The molecule has 1 aromatic rings. The number of thioether (sulfide) groups is 1. The van der Waals surface area contributed by atoms with Gasteiger partial charge in [0, 0.05) is 28.5 Å². The average molecular weight is 453 g/mol. The van der Waals surface area contributed by atoms with E-state index in [1.807, 2.05) is 0 Å². The first-order chi connectivity index (χ1) is 13.7. The molecular formula is C18H20F5N3O3S. The van der Waals surface area contributed by atoms with Crippen molar-refractivity contribution in [3.63, 3.8) is 0 Å². The highest BCUT2D eigenvalue weighted by molar-refractivity contribution is 8.13. The van der Waals surface area contributed by atoms with Crippen molar-refractivity contribution < 1.29 is 36.6 Å². The Kier molecular flexibility index (Phi) is 5.47. The molecule has 166 valence electrons. The van der Waals surface area contributed by atoms with Gasteiger partial charge in [-0.25, -0.2) is 18.6 Å². The summed E-state index contributed by atoms with van der Waals surface area (Å²) in [4.78, 5) is 17.0. The van der Waals surface area contributed by atoms with Crippen molar-refractivity contribution in [2.45, 2.75) is 44.1 Å². The molecule has 0 unspecified atom stereocenters. The molecule has 2 heterocycles. The van der Waals surface area contributed by atoms with Crippen LogP contribution in [-0.2, 0) is 10.3 Å². The number of halogens is 5. The fraction of sp³-hybridized carbons (Fsp3) is 0.556. The zero-order chi connectivity index (χ0) is 22.6. The Labute approximate surface area is 173 Å². The van der Waals surface area contributed by atoms with E-state index in [1.165, 1.54) is 0 Å². The Hall–Kier alpha value is -2.08. The molecule has 6 nitrogen and oxygen atoms in total. The van der Waals surface area contributed by atoms with E-state index in [-0.39, 0.29) is 16.6 Å². The summed E-state index contributed by atoms with van der Waals surface area (Å²) in [6.07, 6.45) is -8.42. The zero-order valence-corrected chi connectivity index (χ0v) is 17.1. The lowest BCUT2D eigenvalue weighted by atomic mass is 9.78. The molecule has 2 aliphatic rings. The smallest absolute Gasteiger partial charge is 0.415 e. The van der Waals surface area contributed by atoms with Gasteiger partial charge in [-0.1, -0.05) is 11.8 Å². The summed E-state index contributed by atoms with van der Waals surface area (Å²) in [5.74, 6) is -4.40. The first-order valence-corrected chi connectivity index (χ1v) is 9.86. The van der Waals surface area contributed by atoms with Gasteiger partial charge in [-0.2, -0.15) is 13.2 Å². The van der Waals surface area contributed by atoms with E-state index in [1.54, 1.807) is 20.8 Å². The van der Waals surface area contributed by atoms with Gasteiger partial charge in [0.2, 0.25) is 0 Å². The van der Waals surface area contributed by atoms with Gasteiger partial charge in [0.25, 0.3) is 0 Å². The van der Waals surface area contributed by atoms with Crippen LogP contribution in [0.15, 0.2) is 17.1 Å². The molecule has 3 rings (SSSR count). The highest BCUT2D eigenvalue weighted by Crippen LogP contribution is 2.53. The number of fused-ring (bicyclic) bond motifs is 1. The molecule has 3 N–H and O–H groups in total. The predicted molar refractivity (Wildman–Crippen MR) is 101 cm³/mol. The average Bonchev–Trinajstić information content (AvgIpc) is 2.96. The standard InChI is InChI=1S/C18H20F5N3O3S/c1-16(2,3)26(15(27)28)14-25-17(9-4-8(24)5-11(19)12(9)20)7-29-13(18(21,22)23)10(17)6-30-14/h4-5,10,13H,6-7,24H2,1-3H3,(H,27,28)/t10-,13+,17-/m1/s1. The van der Waals surface area contributed by atoms with Crippen LogP contribution in [0.5, 0.6) is 0 Å². The van der Waals surface area contributed by atoms with E-state index in [4.69, 9.17) is 10.5 Å². The van der Waals surface area contributed by atoms with Gasteiger partial charge in [0.1, 0.15) is 5.54 Å². The molecule has 3 atom stereocenters. The van der Waals surface area contributed by atoms with Crippen LogP contribution in [0.4, 0.5) is 32.4 Å². The summed E-state index contributed by atoms with van der Waals surface area (Å²) in [5, 5.41) is 9.52. The molecule has 1 amide bonds. The summed E-state index contributed by atoms with van der Waals surface area (Å²) in [7, 11) is 0. The number of aliphatic imine (C=N–C) groups is 1. The molecule has 0 radical (unpaired) electrons. The predicted octanol–water partition coefficient (Wildman–Crippen LogP) is 4.20. The number of alkyl halides is 3. The van der Waals surface area contributed by atoms with E-state index < -0.39 is 59.2 Å². The van der Waals surface area contributed by atoms with Crippen LogP contribution < -0.4 is 5.73 Å². The van der Waals surface area contributed by atoms with Crippen molar-refractivity contribution in [1.82, 2.24) is 4.90 Å². The largest absolute Gasteiger partial charge is 0.465 e. The number of amides is 1. The fourth-order valence-corrected chi connectivity index (χ4v) is 5.24. The van der Waals surface area contributed by atoms with Gasteiger partial charge >= 0.3 is 12.3 Å². The van der Waals surface area contributed by atoms with Crippen molar-refractivity contribution in [2.75, 3.05) is 18.1 Å². The van der Waals surface area contributed by atoms with Gasteiger partial charge in [-0.15, -0.1) is 0 Å². The third kappa shape index (κ3) is 3.70. The first kappa shape index (κ1) is 22.6. The minimum Gasteiger partial charge on any atom is -0.465 e. The second-order valence-electron chi connectivity index (χ2n) is 8.16. The number of hydrogen-bond donors (Lipinski definition) is 2. The minimum atomic E-state index is -4.77. The maximum absolute atomic E-state index is 14.8. The molecule has 1 aromatic carbocycles. The van der Waals surface area contributed by atoms with E-state index in [9.17, 15) is 31.9 Å². The number of ether oxygens (including phenoxy) is 1. The van der Waals surface area contributed by atoms with Crippen LogP contribution in [0, 0.1) is 17.6 Å². The Bertz CT molecular complexity index is 902. The highest BCUT2D eigenvalue weighted by Gasteiger charge is 2.62. The van der Waals surface area contributed by atoms with Gasteiger partial charge in [-0.05, 0) is 32.9 Å². The Balaban J connectivity index is 2.26.